The van der Waals surface area contributed by atoms with Gasteiger partial charge in [0.25, 0.3) is 5.91 Å². The molecule has 0 bridgehead atoms. The summed E-state index contributed by atoms with van der Waals surface area (Å²) in [5.41, 5.74) is 0.500. The Balaban J connectivity index is 2.26. The first-order valence-electron chi connectivity index (χ1n) is 6.17. The second kappa shape index (κ2) is 7.00. The molecule has 2 N–H and O–H groups in total. The van der Waals surface area contributed by atoms with E-state index in [1.165, 1.54) is 12.3 Å². The third kappa shape index (κ3) is 3.79. The van der Waals surface area contributed by atoms with Gasteiger partial charge in [-0.3, -0.25) is 4.79 Å². The average molecular weight is 417 g/mol. The zero-order valence-electron chi connectivity index (χ0n) is 11.1. The van der Waals surface area contributed by atoms with Crippen LogP contribution in [0.25, 0.3) is 0 Å². The minimum atomic E-state index is -0.662. The number of carbonyl (C=O) groups is 1. The van der Waals surface area contributed by atoms with Gasteiger partial charge in [-0.25, -0.2) is 9.37 Å². The number of nitrogens with zero attached hydrogens (tertiary/aromatic N) is 1. The lowest BCUT2D eigenvalue weighted by Gasteiger charge is -2.10. The number of nitrogens with one attached hydrogen (secondary N) is 2. The van der Waals surface area contributed by atoms with Gasteiger partial charge in [0.05, 0.1) is 11.3 Å². The Hall–Kier alpha value is -1.47. The third-order valence-electron chi connectivity index (χ3n) is 2.66. The second-order valence-corrected chi connectivity index (χ2v) is 5.90. The minimum absolute atomic E-state index is 0.0595. The van der Waals surface area contributed by atoms with Gasteiger partial charge in [-0.1, -0.05) is 15.9 Å². The Morgan fingerprint density at radius 3 is 2.76 bits per heavy atom. The molecule has 0 fully saturated rings. The second-order valence-electron chi connectivity index (χ2n) is 4.13. The Bertz CT molecular complexity index is 679. The summed E-state index contributed by atoms with van der Waals surface area (Å²) in [5, 5.41) is 5.43. The lowest BCUT2D eigenvalue weighted by atomic mass is 10.2. The summed E-state index contributed by atoms with van der Waals surface area (Å²) in [6, 6.07) is 6.64. The number of hydrogen-bond donors (Lipinski definition) is 2. The molecule has 21 heavy (non-hydrogen) atoms. The van der Waals surface area contributed by atoms with Crippen molar-refractivity contribution in [1.82, 2.24) is 4.98 Å². The zero-order valence-corrected chi connectivity index (χ0v) is 14.3. The van der Waals surface area contributed by atoms with Crippen LogP contribution >= 0.6 is 31.9 Å². The highest BCUT2D eigenvalue weighted by Gasteiger charge is 2.16. The van der Waals surface area contributed by atoms with E-state index in [0.717, 1.165) is 4.47 Å². The van der Waals surface area contributed by atoms with Gasteiger partial charge in [0.15, 0.2) is 11.6 Å². The van der Waals surface area contributed by atoms with Gasteiger partial charge in [-0.15, -0.1) is 0 Å². The molecule has 0 aliphatic heterocycles. The largest absolute Gasteiger partial charge is 0.368 e. The molecular formula is C14H12Br2FN3O. The van der Waals surface area contributed by atoms with Gasteiger partial charge in [0, 0.05) is 21.7 Å². The van der Waals surface area contributed by atoms with Crippen molar-refractivity contribution in [2.75, 3.05) is 17.2 Å². The van der Waals surface area contributed by atoms with E-state index in [-0.39, 0.29) is 11.4 Å². The Morgan fingerprint density at radius 2 is 2.10 bits per heavy atom. The van der Waals surface area contributed by atoms with Crippen LogP contribution in [0.4, 0.5) is 15.9 Å². The number of hydrogen-bond acceptors (Lipinski definition) is 3. The van der Waals surface area contributed by atoms with Crippen LogP contribution in [0.1, 0.15) is 17.3 Å². The average Bonchev–Trinajstić information content (AvgIpc) is 2.44. The Morgan fingerprint density at radius 1 is 1.33 bits per heavy atom. The summed E-state index contributed by atoms with van der Waals surface area (Å²) in [7, 11) is 0. The highest BCUT2D eigenvalue weighted by Crippen LogP contribution is 2.27. The molecular weight excluding hydrogens is 405 g/mol. The van der Waals surface area contributed by atoms with Gasteiger partial charge in [-0.2, -0.15) is 0 Å². The van der Waals surface area contributed by atoms with Crippen molar-refractivity contribution in [3.8, 4) is 0 Å². The van der Waals surface area contributed by atoms with Crippen LogP contribution in [-0.2, 0) is 0 Å². The number of carbonyl (C=O) groups excluding carboxylic acids is 1. The first-order chi connectivity index (χ1) is 10.0. The highest BCUT2D eigenvalue weighted by molar-refractivity contribution is 9.11. The molecule has 0 radical (unpaired) electrons. The number of anilines is 2. The molecule has 0 aliphatic rings. The quantitative estimate of drug-likeness (QED) is 0.775. The summed E-state index contributed by atoms with van der Waals surface area (Å²) in [4.78, 5) is 16.1. The molecule has 2 rings (SSSR count). The molecule has 1 aromatic carbocycles. The van der Waals surface area contributed by atoms with Crippen LogP contribution in [0.15, 0.2) is 39.4 Å². The summed E-state index contributed by atoms with van der Waals surface area (Å²) in [5.74, 6) is -1.12. The highest BCUT2D eigenvalue weighted by atomic mass is 79.9. The van der Waals surface area contributed by atoms with E-state index in [4.69, 9.17) is 0 Å². The predicted molar refractivity (Wildman–Crippen MR) is 88.2 cm³/mol. The van der Waals surface area contributed by atoms with Crippen molar-refractivity contribution < 1.29 is 9.18 Å². The van der Waals surface area contributed by atoms with E-state index in [1.54, 1.807) is 18.2 Å². The molecule has 110 valence electrons. The van der Waals surface area contributed by atoms with Crippen LogP contribution in [-0.4, -0.2) is 17.4 Å². The van der Waals surface area contributed by atoms with Crippen molar-refractivity contribution in [2.45, 2.75) is 6.92 Å². The SMILES string of the molecule is CCNc1nccc(C(=O)Nc2ccc(Br)cc2Br)c1F. The third-order valence-corrected chi connectivity index (χ3v) is 3.81. The van der Waals surface area contributed by atoms with Gasteiger partial charge >= 0.3 is 0 Å². The van der Waals surface area contributed by atoms with Gasteiger partial charge < -0.3 is 10.6 Å². The topological polar surface area (TPSA) is 54.0 Å². The standard InChI is InChI=1S/C14H12Br2FN3O/c1-2-18-13-12(17)9(5-6-19-13)14(21)20-11-4-3-8(15)7-10(11)16/h3-7H,2H2,1H3,(H,18,19)(H,20,21). The molecule has 0 spiro atoms. The van der Waals surface area contributed by atoms with Crippen LogP contribution in [0.2, 0.25) is 0 Å². The number of benzene rings is 1. The molecule has 1 heterocycles. The molecule has 1 aromatic heterocycles. The van der Waals surface area contributed by atoms with Crippen molar-refractivity contribution in [2.24, 2.45) is 0 Å². The molecule has 1 amide bonds. The molecule has 0 unspecified atom stereocenters. The Labute approximate surface area is 138 Å². The molecule has 2 aromatic rings. The van der Waals surface area contributed by atoms with E-state index in [1.807, 2.05) is 6.92 Å². The molecule has 0 atom stereocenters. The normalized spacial score (nSPS) is 10.3. The smallest absolute Gasteiger partial charge is 0.258 e. The number of amides is 1. The summed E-state index contributed by atoms with van der Waals surface area (Å²) in [6.45, 7) is 2.35. The zero-order chi connectivity index (χ0) is 15.4. The maximum Gasteiger partial charge on any atom is 0.258 e. The first-order valence-corrected chi connectivity index (χ1v) is 7.76. The van der Waals surface area contributed by atoms with Crippen LogP contribution in [0.5, 0.6) is 0 Å². The number of pyridine rings is 1. The van der Waals surface area contributed by atoms with E-state index < -0.39 is 11.7 Å². The number of aromatic nitrogens is 1. The van der Waals surface area contributed by atoms with Crippen molar-refractivity contribution in [3.63, 3.8) is 0 Å². The Kier molecular flexibility index (Phi) is 5.30. The van der Waals surface area contributed by atoms with Gasteiger partial charge in [0.1, 0.15) is 0 Å². The van der Waals surface area contributed by atoms with Gasteiger partial charge in [-0.05, 0) is 47.1 Å². The molecule has 7 heteroatoms. The fourth-order valence-electron chi connectivity index (χ4n) is 1.69. The van der Waals surface area contributed by atoms with E-state index >= 15 is 0 Å². The van der Waals surface area contributed by atoms with E-state index in [9.17, 15) is 9.18 Å². The van der Waals surface area contributed by atoms with Crippen LogP contribution < -0.4 is 10.6 Å². The van der Waals surface area contributed by atoms with Crippen molar-refractivity contribution in [3.05, 3.63) is 50.8 Å². The maximum atomic E-state index is 14.2. The summed E-state index contributed by atoms with van der Waals surface area (Å²) in [6.07, 6.45) is 1.40. The van der Waals surface area contributed by atoms with Gasteiger partial charge in [0.2, 0.25) is 0 Å². The van der Waals surface area contributed by atoms with E-state index in [0.29, 0.717) is 16.7 Å². The van der Waals surface area contributed by atoms with Crippen LogP contribution in [0, 0.1) is 5.82 Å². The first kappa shape index (κ1) is 15.9. The summed E-state index contributed by atoms with van der Waals surface area (Å²) < 4.78 is 15.7. The fourth-order valence-corrected chi connectivity index (χ4v) is 2.84. The molecule has 0 aliphatic carbocycles. The number of halogens is 3. The van der Waals surface area contributed by atoms with E-state index in [2.05, 4.69) is 47.5 Å². The molecule has 0 saturated carbocycles. The predicted octanol–water partition coefficient (Wildman–Crippen LogP) is 4.43. The maximum absolute atomic E-state index is 14.2. The van der Waals surface area contributed by atoms with Crippen molar-refractivity contribution in [1.29, 1.82) is 0 Å². The number of rotatable bonds is 4. The fraction of sp³-hybridized carbons (Fsp3) is 0.143. The van der Waals surface area contributed by atoms with Crippen molar-refractivity contribution >= 4 is 49.3 Å². The van der Waals surface area contributed by atoms with Crippen LogP contribution in [0.3, 0.4) is 0 Å². The summed E-state index contributed by atoms with van der Waals surface area (Å²) >= 11 is 6.67. The lowest BCUT2D eigenvalue weighted by Crippen LogP contribution is -2.16. The monoisotopic (exact) mass is 415 g/mol. The molecule has 4 nitrogen and oxygen atoms in total. The molecule has 0 saturated heterocycles. The lowest BCUT2D eigenvalue weighted by molar-refractivity contribution is 0.102. The minimum Gasteiger partial charge on any atom is -0.368 e.